The molecule has 0 aliphatic rings. The predicted molar refractivity (Wildman–Crippen MR) is 59.5 cm³/mol. The second-order valence-corrected chi connectivity index (χ2v) is 4.34. The molecule has 0 fully saturated rings. The second kappa shape index (κ2) is 3.95. The minimum absolute atomic E-state index is 0.0558. The van der Waals surface area contributed by atoms with E-state index in [4.69, 9.17) is 0 Å². The van der Waals surface area contributed by atoms with Crippen LogP contribution in [-0.2, 0) is 0 Å². The molecule has 1 heterocycles. The summed E-state index contributed by atoms with van der Waals surface area (Å²) < 4.78 is 0. The Morgan fingerprint density at radius 3 is 2.14 bits per heavy atom. The molecule has 0 unspecified atom stereocenters. The van der Waals surface area contributed by atoms with E-state index in [1.807, 2.05) is 19.9 Å². The number of aryl methyl sites for hydroxylation is 2. The maximum atomic E-state index is 4.34. The van der Waals surface area contributed by atoms with E-state index in [-0.39, 0.29) is 5.54 Å². The van der Waals surface area contributed by atoms with Crippen LogP contribution >= 0.6 is 0 Å². The fourth-order valence-corrected chi connectivity index (χ4v) is 1.17. The van der Waals surface area contributed by atoms with Crippen molar-refractivity contribution < 1.29 is 0 Å². The topological polar surface area (TPSA) is 37.8 Å². The molecule has 0 spiro atoms. The zero-order chi connectivity index (χ0) is 10.8. The quantitative estimate of drug-likeness (QED) is 0.802. The summed E-state index contributed by atoms with van der Waals surface area (Å²) in [6, 6.07) is 1.98. The molecule has 3 heteroatoms. The van der Waals surface area contributed by atoms with Crippen LogP contribution in [0.1, 0.15) is 38.6 Å². The third-order valence-corrected chi connectivity index (χ3v) is 2.32. The monoisotopic (exact) mass is 193 g/mol. The summed E-state index contributed by atoms with van der Waals surface area (Å²) in [5, 5.41) is 3.33. The van der Waals surface area contributed by atoms with Crippen molar-refractivity contribution in [2.24, 2.45) is 0 Å². The van der Waals surface area contributed by atoms with E-state index in [1.165, 1.54) is 0 Å². The summed E-state index contributed by atoms with van der Waals surface area (Å²) in [4.78, 5) is 8.69. The molecule has 78 valence electrons. The molecule has 0 aromatic carbocycles. The Morgan fingerprint density at radius 1 is 1.21 bits per heavy atom. The fraction of sp³-hybridized carbons (Fsp3) is 0.636. The first-order valence-electron chi connectivity index (χ1n) is 5.03. The summed E-state index contributed by atoms with van der Waals surface area (Å²) in [6.45, 7) is 10.4. The Labute approximate surface area is 86.0 Å². The normalized spacial score (nSPS) is 11.5. The van der Waals surface area contributed by atoms with Gasteiger partial charge in [0.05, 0.1) is 0 Å². The van der Waals surface area contributed by atoms with Gasteiger partial charge >= 0.3 is 0 Å². The second-order valence-electron chi connectivity index (χ2n) is 4.34. The lowest BCUT2D eigenvalue weighted by Crippen LogP contribution is -2.30. The van der Waals surface area contributed by atoms with Crippen molar-refractivity contribution in [3.8, 4) is 0 Å². The van der Waals surface area contributed by atoms with Gasteiger partial charge in [-0.2, -0.15) is 0 Å². The first-order valence-corrected chi connectivity index (χ1v) is 5.03. The van der Waals surface area contributed by atoms with Crippen LogP contribution in [0, 0.1) is 13.8 Å². The molecule has 0 aliphatic heterocycles. The Hall–Kier alpha value is -1.12. The van der Waals surface area contributed by atoms with Crippen LogP contribution in [0.5, 0.6) is 0 Å². The van der Waals surface area contributed by atoms with Gasteiger partial charge in [-0.3, -0.25) is 0 Å². The van der Waals surface area contributed by atoms with Crippen LogP contribution in [0.15, 0.2) is 6.07 Å². The lowest BCUT2D eigenvalue weighted by molar-refractivity contribution is 0.541. The Balaban J connectivity index is 2.87. The van der Waals surface area contributed by atoms with Gasteiger partial charge < -0.3 is 5.32 Å². The SMILES string of the molecule is CCC(C)(C)Nc1nc(C)cc(C)n1. The highest BCUT2D eigenvalue weighted by Gasteiger charge is 2.15. The highest BCUT2D eigenvalue weighted by molar-refractivity contribution is 5.30. The molecule has 0 bridgehead atoms. The van der Waals surface area contributed by atoms with Gasteiger partial charge in [0, 0.05) is 16.9 Å². The lowest BCUT2D eigenvalue weighted by Gasteiger charge is -2.24. The Bertz CT molecular complexity index is 298. The van der Waals surface area contributed by atoms with E-state index in [1.54, 1.807) is 0 Å². The van der Waals surface area contributed by atoms with Gasteiger partial charge in [0.1, 0.15) is 0 Å². The zero-order valence-corrected chi connectivity index (χ0v) is 9.68. The minimum Gasteiger partial charge on any atom is -0.349 e. The highest BCUT2D eigenvalue weighted by Crippen LogP contribution is 2.14. The average Bonchev–Trinajstić information content (AvgIpc) is 2.01. The van der Waals surface area contributed by atoms with Crippen molar-refractivity contribution in [1.82, 2.24) is 9.97 Å². The van der Waals surface area contributed by atoms with Crippen LogP contribution in [-0.4, -0.2) is 15.5 Å². The molecule has 0 saturated heterocycles. The maximum absolute atomic E-state index is 4.34. The molecular formula is C11H19N3. The lowest BCUT2D eigenvalue weighted by atomic mass is 10.0. The molecule has 1 rings (SSSR count). The number of nitrogens with one attached hydrogen (secondary N) is 1. The molecule has 1 aromatic heterocycles. The first-order chi connectivity index (χ1) is 6.43. The molecule has 1 N–H and O–H groups in total. The molecule has 1 aromatic rings. The van der Waals surface area contributed by atoms with E-state index in [9.17, 15) is 0 Å². The fourth-order valence-electron chi connectivity index (χ4n) is 1.17. The number of anilines is 1. The zero-order valence-electron chi connectivity index (χ0n) is 9.68. The smallest absolute Gasteiger partial charge is 0.223 e. The van der Waals surface area contributed by atoms with E-state index in [2.05, 4.69) is 36.1 Å². The number of hydrogen-bond donors (Lipinski definition) is 1. The summed E-state index contributed by atoms with van der Waals surface area (Å²) in [5.41, 5.74) is 2.07. The molecule has 0 radical (unpaired) electrons. The van der Waals surface area contributed by atoms with Crippen LogP contribution in [0.3, 0.4) is 0 Å². The first kappa shape index (κ1) is 11.0. The van der Waals surface area contributed by atoms with E-state index in [0.29, 0.717) is 0 Å². The van der Waals surface area contributed by atoms with Crippen molar-refractivity contribution in [2.75, 3.05) is 5.32 Å². The largest absolute Gasteiger partial charge is 0.349 e. The predicted octanol–water partition coefficient (Wildman–Crippen LogP) is 2.69. The number of aromatic nitrogens is 2. The van der Waals surface area contributed by atoms with Gasteiger partial charge in [-0.1, -0.05) is 6.92 Å². The van der Waals surface area contributed by atoms with Crippen LogP contribution < -0.4 is 5.32 Å². The minimum atomic E-state index is 0.0558. The summed E-state index contributed by atoms with van der Waals surface area (Å²) >= 11 is 0. The summed E-state index contributed by atoms with van der Waals surface area (Å²) in [5.74, 6) is 0.731. The van der Waals surface area contributed by atoms with Gasteiger partial charge in [0.25, 0.3) is 0 Å². The van der Waals surface area contributed by atoms with E-state index >= 15 is 0 Å². The number of hydrogen-bond acceptors (Lipinski definition) is 3. The molecular weight excluding hydrogens is 174 g/mol. The van der Waals surface area contributed by atoms with Gasteiger partial charge in [-0.15, -0.1) is 0 Å². The van der Waals surface area contributed by atoms with Crippen LogP contribution in [0.2, 0.25) is 0 Å². The van der Waals surface area contributed by atoms with Crippen molar-refractivity contribution in [3.63, 3.8) is 0 Å². The van der Waals surface area contributed by atoms with Gasteiger partial charge in [0.15, 0.2) is 0 Å². The number of nitrogens with zero attached hydrogens (tertiary/aromatic N) is 2. The van der Waals surface area contributed by atoms with Gasteiger partial charge in [-0.25, -0.2) is 9.97 Å². The maximum Gasteiger partial charge on any atom is 0.223 e. The standard InChI is InChI=1S/C11H19N3/c1-6-11(4,5)14-10-12-8(2)7-9(3)13-10/h7H,6H2,1-5H3,(H,12,13,14). The molecule has 0 saturated carbocycles. The van der Waals surface area contributed by atoms with Crippen molar-refractivity contribution in [3.05, 3.63) is 17.5 Å². The summed E-state index contributed by atoms with van der Waals surface area (Å²) in [6.07, 6.45) is 1.04. The van der Waals surface area contributed by atoms with E-state index < -0.39 is 0 Å². The third kappa shape index (κ3) is 2.98. The van der Waals surface area contributed by atoms with Gasteiger partial charge in [0.2, 0.25) is 5.95 Å². The van der Waals surface area contributed by atoms with Crippen molar-refractivity contribution in [1.29, 1.82) is 0 Å². The Kier molecular flexibility index (Phi) is 3.09. The molecule has 0 atom stereocenters. The summed E-state index contributed by atoms with van der Waals surface area (Å²) in [7, 11) is 0. The van der Waals surface area contributed by atoms with Crippen LogP contribution in [0.4, 0.5) is 5.95 Å². The molecule has 0 aliphatic carbocycles. The molecule has 0 amide bonds. The Morgan fingerprint density at radius 2 is 1.71 bits per heavy atom. The van der Waals surface area contributed by atoms with Crippen molar-refractivity contribution in [2.45, 2.75) is 46.6 Å². The third-order valence-electron chi connectivity index (χ3n) is 2.32. The van der Waals surface area contributed by atoms with Crippen molar-refractivity contribution >= 4 is 5.95 Å². The molecule has 3 nitrogen and oxygen atoms in total. The number of rotatable bonds is 3. The van der Waals surface area contributed by atoms with E-state index in [0.717, 1.165) is 23.8 Å². The van der Waals surface area contributed by atoms with Crippen LogP contribution in [0.25, 0.3) is 0 Å². The highest BCUT2D eigenvalue weighted by atomic mass is 15.1. The molecule has 14 heavy (non-hydrogen) atoms. The average molecular weight is 193 g/mol. The van der Waals surface area contributed by atoms with Gasteiger partial charge in [-0.05, 0) is 40.2 Å².